The molecule has 2 aromatic rings. The van der Waals surface area contributed by atoms with Gasteiger partial charge in [-0.25, -0.2) is 9.18 Å². The van der Waals surface area contributed by atoms with Crippen LogP contribution in [0.15, 0.2) is 24.5 Å². The van der Waals surface area contributed by atoms with E-state index >= 15 is 0 Å². The van der Waals surface area contributed by atoms with E-state index in [1.165, 1.54) is 11.0 Å². The maximum Gasteiger partial charge on any atom is 0.414 e. The van der Waals surface area contributed by atoms with Crippen LogP contribution in [0.4, 0.5) is 14.9 Å². The van der Waals surface area contributed by atoms with Crippen molar-refractivity contribution >= 4 is 11.8 Å². The Bertz CT molecular complexity index is 777. The average Bonchev–Trinajstić information content (AvgIpc) is 2.90. The molecule has 1 aromatic heterocycles. The summed E-state index contributed by atoms with van der Waals surface area (Å²) in [5.41, 5.74) is 2.20. The molecule has 2 heterocycles. The van der Waals surface area contributed by atoms with Gasteiger partial charge in [0.1, 0.15) is 11.4 Å². The minimum absolute atomic E-state index is 0.364. The molecule has 0 atom stereocenters. The number of nitrogens with zero attached hydrogens (tertiary/aromatic N) is 3. The summed E-state index contributed by atoms with van der Waals surface area (Å²) in [7, 11) is 1.80. The van der Waals surface area contributed by atoms with E-state index in [9.17, 15) is 9.18 Å². The summed E-state index contributed by atoms with van der Waals surface area (Å²) in [6, 6.07) is 3.25. The SMILES string of the molecule is Cn1cc(-c2cc3c(cc2F)N(C(=O)OC(C)(C)C)CCC3)cn1. The van der Waals surface area contributed by atoms with Crippen molar-refractivity contribution in [2.75, 3.05) is 11.4 Å². The standard InChI is InChI=1S/C18H22FN3O2/c1-18(2,3)24-17(23)22-7-5-6-12-8-14(15(19)9-16(12)22)13-10-20-21(4)11-13/h8-11H,5-7H2,1-4H3. The van der Waals surface area contributed by atoms with Gasteiger partial charge in [0.05, 0.1) is 11.9 Å². The Morgan fingerprint density at radius 3 is 2.71 bits per heavy atom. The van der Waals surface area contributed by atoms with E-state index in [0.29, 0.717) is 17.8 Å². The second kappa shape index (κ2) is 5.92. The summed E-state index contributed by atoms with van der Waals surface area (Å²) in [6.07, 6.45) is 4.61. The number of carbonyl (C=O) groups excluding carboxylic acids is 1. The predicted molar refractivity (Wildman–Crippen MR) is 90.5 cm³/mol. The van der Waals surface area contributed by atoms with Crippen molar-refractivity contribution in [2.24, 2.45) is 7.05 Å². The molecule has 0 bridgehead atoms. The lowest BCUT2D eigenvalue weighted by molar-refractivity contribution is 0.0578. The molecule has 1 aliphatic rings. The van der Waals surface area contributed by atoms with Crippen molar-refractivity contribution in [3.63, 3.8) is 0 Å². The molecule has 128 valence electrons. The van der Waals surface area contributed by atoms with E-state index in [-0.39, 0.29) is 5.82 Å². The minimum Gasteiger partial charge on any atom is -0.443 e. The zero-order valence-electron chi connectivity index (χ0n) is 14.5. The number of fused-ring (bicyclic) bond motifs is 1. The molecule has 1 amide bonds. The van der Waals surface area contributed by atoms with Crippen molar-refractivity contribution < 1.29 is 13.9 Å². The summed E-state index contributed by atoms with van der Waals surface area (Å²) >= 11 is 0. The number of aryl methyl sites for hydroxylation is 2. The first-order valence-corrected chi connectivity index (χ1v) is 8.06. The lowest BCUT2D eigenvalue weighted by atomic mass is 9.97. The number of rotatable bonds is 1. The molecule has 0 spiro atoms. The molecule has 3 rings (SSSR count). The highest BCUT2D eigenvalue weighted by Gasteiger charge is 2.28. The molecule has 0 saturated carbocycles. The largest absolute Gasteiger partial charge is 0.443 e. The third kappa shape index (κ3) is 3.27. The quantitative estimate of drug-likeness (QED) is 0.796. The monoisotopic (exact) mass is 331 g/mol. The number of anilines is 1. The number of hydrogen-bond acceptors (Lipinski definition) is 3. The first-order valence-electron chi connectivity index (χ1n) is 8.06. The second-order valence-corrected chi connectivity index (χ2v) is 7.10. The van der Waals surface area contributed by atoms with Crippen LogP contribution in [0.5, 0.6) is 0 Å². The molecule has 5 nitrogen and oxygen atoms in total. The minimum atomic E-state index is -0.580. The van der Waals surface area contributed by atoms with Crippen LogP contribution in [-0.2, 0) is 18.2 Å². The highest BCUT2D eigenvalue weighted by Crippen LogP contribution is 2.34. The molecule has 0 radical (unpaired) electrons. The average molecular weight is 331 g/mol. The molecule has 1 aromatic carbocycles. The van der Waals surface area contributed by atoms with Crippen LogP contribution in [0.25, 0.3) is 11.1 Å². The molecule has 1 aliphatic heterocycles. The third-order valence-electron chi connectivity index (χ3n) is 3.92. The van der Waals surface area contributed by atoms with Crippen LogP contribution >= 0.6 is 0 Å². The highest BCUT2D eigenvalue weighted by atomic mass is 19.1. The van der Waals surface area contributed by atoms with Gasteiger partial charge in [0.15, 0.2) is 0 Å². The van der Waals surface area contributed by atoms with E-state index < -0.39 is 11.7 Å². The maximum atomic E-state index is 14.6. The Kier molecular flexibility index (Phi) is 4.07. The number of ether oxygens (including phenoxy) is 1. The van der Waals surface area contributed by atoms with Gasteiger partial charge in [-0.05, 0) is 51.3 Å². The van der Waals surface area contributed by atoms with Crippen molar-refractivity contribution in [2.45, 2.75) is 39.2 Å². The van der Waals surface area contributed by atoms with Crippen LogP contribution in [0, 0.1) is 5.82 Å². The number of carbonyl (C=O) groups is 1. The predicted octanol–water partition coefficient (Wildman–Crippen LogP) is 3.91. The van der Waals surface area contributed by atoms with Gasteiger partial charge in [-0.15, -0.1) is 0 Å². The topological polar surface area (TPSA) is 47.4 Å². The van der Waals surface area contributed by atoms with Gasteiger partial charge < -0.3 is 4.74 Å². The van der Waals surface area contributed by atoms with E-state index in [0.717, 1.165) is 24.0 Å². The van der Waals surface area contributed by atoms with E-state index in [1.54, 1.807) is 24.1 Å². The third-order valence-corrected chi connectivity index (χ3v) is 3.92. The lowest BCUT2D eigenvalue weighted by Crippen LogP contribution is -2.39. The summed E-state index contributed by atoms with van der Waals surface area (Å²) in [6.45, 7) is 6.00. The second-order valence-electron chi connectivity index (χ2n) is 7.10. The van der Waals surface area contributed by atoms with Crippen LogP contribution < -0.4 is 4.90 Å². The fourth-order valence-corrected chi connectivity index (χ4v) is 2.90. The molecule has 0 aliphatic carbocycles. The van der Waals surface area contributed by atoms with Crippen molar-refractivity contribution in [1.82, 2.24) is 9.78 Å². The molecule has 24 heavy (non-hydrogen) atoms. The zero-order chi connectivity index (χ0) is 17.5. The highest BCUT2D eigenvalue weighted by molar-refractivity contribution is 5.90. The van der Waals surface area contributed by atoms with Crippen LogP contribution in [-0.4, -0.2) is 28.0 Å². The van der Waals surface area contributed by atoms with Gasteiger partial charge >= 0.3 is 6.09 Å². The van der Waals surface area contributed by atoms with E-state index in [4.69, 9.17) is 4.74 Å². The number of benzene rings is 1. The number of amides is 1. The van der Waals surface area contributed by atoms with Gasteiger partial charge in [0.2, 0.25) is 0 Å². The molecular formula is C18H22FN3O2. The number of hydrogen-bond donors (Lipinski definition) is 0. The Balaban J connectivity index is 1.97. The molecule has 6 heteroatoms. The molecule has 0 saturated heterocycles. The van der Waals surface area contributed by atoms with Gasteiger partial charge in [-0.2, -0.15) is 5.10 Å². The Hall–Kier alpha value is -2.37. The first kappa shape index (κ1) is 16.5. The van der Waals surface area contributed by atoms with Crippen molar-refractivity contribution in [3.05, 3.63) is 35.9 Å². The summed E-state index contributed by atoms with van der Waals surface area (Å²) in [5, 5.41) is 4.10. The lowest BCUT2D eigenvalue weighted by Gasteiger charge is -2.32. The van der Waals surface area contributed by atoms with Gasteiger partial charge in [0.25, 0.3) is 0 Å². The zero-order valence-corrected chi connectivity index (χ0v) is 14.5. The summed E-state index contributed by atoms with van der Waals surface area (Å²) in [4.78, 5) is 13.9. The van der Waals surface area contributed by atoms with E-state index in [2.05, 4.69) is 5.10 Å². The van der Waals surface area contributed by atoms with Gasteiger partial charge in [0, 0.05) is 30.9 Å². The molecule has 0 unspecified atom stereocenters. The van der Waals surface area contributed by atoms with Crippen LogP contribution in [0.3, 0.4) is 0 Å². The molecular weight excluding hydrogens is 309 g/mol. The number of halogens is 1. The van der Waals surface area contributed by atoms with E-state index in [1.807, 2.05) is 26.8 Å². The maximum absolute atomic E-state index is 14.6. The summed E-state index contributed by atoms with van der Waals surface area (Å²) < 4.78 is 21.7. The normalized spacial score (nSPS) is 14.5. The Morgan fingerprint density at radius 1 is 1.33 bits per heavy atom. The van der Waals surface area contributed by atoms with Crippen molar-refractivity contribution in [1.29, 1.82) is 0 Å². The summed E-state index contributed by atoms with van der Waals surface area (Å²) in [5.74, 6) is -0.364. The Morgan fingerprint density at radius 2 is 2.08 bits per heavy atom. The number of aromatic nitrogens is 2. The fourth-order valence-electron chi connectivity index (χ4n) is 2.90. The van der Waals surface area contributed by atoms with Crippen molar-refractivity contribution in [3.8, 4) is 11.1 Å². The fraction of sp³-hybridized carbons (Fsp3) is 0.444. The Labute approximate surface area is 141 Å². The van der Waals surface area contributed by atoms with Gasteiger partial charge in [-0.1, -0.05) is 0 Å². The first-order chi connectivity index (χ1) is 11.2. The van der Waals surface area contributed by atoms with Crippen LogP contribution in [0.1, 0.15) is 32.8 Å². The molecule has 0 fully saturated rings. The molecule has 0 N–H and O–H groups in total. The smallest absolute Gasteiger partial charge is 0.414 e. The van der Waals surface area contributed by atoms with Gasteiger partial charge in [-0.3, -0.25) is 9.58 Å². The van der Waals surface area contributed by atoms with Crippen LogP contribution in [0.2, 0.25) is 0 Å².